The van der Waals surface area contributed by atoms with Crippen molar-refractivity contribution in [2.75, 3.05) is 0 Å². The van der Waals surface area contributed by atoms with E-state index in [1.807, 2.05) is 0 Å². The van der Waals surface area contributed by atoms with Gasteiger partial charge < -0.3 is 0 Å². The van der Waals surface area contributed by atoms with E-state index in [1.54, 1.807) is 0 Å². The van der Waals surface area contributed by atoms with Crippen LogP contribution in [0.1, 0.15) is 124 Å². The van der Waals surface area contributed by atoms with Crippen molar-refractivity contribution in [2.45, 2.75) is 137 Å². The zero-order chi connectivity index (χ0) is 21.8. The standard InChI is InChI=1S/C14H29.C6H6O.2C4H9.Sn/c1-3-5-7-9-11-13-14-12-10-8-6-4-2;7-6-4-2-1-3-5-6;2*1-3-4-2;/h1,3-14H2,2H3;1-5,7H;2*1,3-4H2,2H3;/q;;;;+1/p-1. The fourth-order valence-electron chi connectivity index (χ4n) is 4.55. The predicted octanol–water partition coefficient (Wildman–Crippen LogP) is 10.3. The van der Waals surface area contributed by atoms with Gasteiger partial charge in [0.25, 0.3) is 0 Å². The Morgan fingerprint density at radius 1 is 0.500 bits per heavy atom. The van der Waals surface area contributed by atoms with E-state index >= 15 is 0 Å². The first-order valence-corrected chi connectivity index (χ1v) is 20.7. The van der Waals surface area contributed by atoms with Crippen molar-refractivity contribution in [3.63, 3.8) is 0 Å². The fraction of sp³-hybridized carbons (Fsp3) is 0.786. The van der Waals surface area contributed by atoms with Crippen LogP contribution in [-0.2, 0) is 0 Å². The van der Waals surface area contributed by atoms with E-state index in [2.05, 4.69) is 51.1 Å². The van der Waals surface area contributed by atoms with Crippen LogP contribution in [0.4, 0.5) is 0 Å². The summed E-state index contributed by atoms with van der Waals surface area (Å²) in [4.78, 5) is 0. The Morgan fingerprint density at radius 2 is 0.900 bits per heavy atom. The van der Waals surface area contributed by atoms with Crippen molar-refractivity contribution in [3.8, 4) is 5.75 Å². The SMILES string of the molecule is CCCCCCCCCCCCC[CH2][Sn]([CH2]CCC)([CH2]CCC)[O]c1ccccc1. The molecule has 0 aromatic heterocycles. The normalized spacial score (nSPS) is 11.7. The van der Waals surface area contributed by atoms with Crippen LogP contribution in [0.25, 0.3) is 0 Å². The molecule has 0 atom stereocenters. The average Bonchev–Trinajstić information content (AvgIpc) is 2.77. The van der Waals surface area contributed by atoms with Crippen molar-refractivity contribution >= 4 is 18.8 Å². The number of benzene rings is 1. The van der Waals surface area contributed by atoms with Gasteiger partial charge in [0.2, 0.25) is 0 Å². The van der Waals surface area contributed by atoms with Crippen molar-refractivity contribution < 1.29 is 3.07 Å². The molecule has 0 aliphatic rings. The molecule has 0 spiro atoms. The van der Waals surface area contributed by atoms with Gasteiger partial charge in [-0.2, -0.15) is 0 Å². The third-order valence-corrected chi connectivity index (χ3v) is 19.3. The molecular weight excluding hydrogens is 471 g/mol. The van der Waals surface area contributed by atoms with Gasteiger partial charge in [0.15, 0.2) is 0 Å². The summed E-state index contributed by atoms with van der Waals surface area (Å²) in [6.45, 7) is 6.97. The van der Waals surface area contributed by atoms with E-state index in [-0.39, 0.29) is 0 Å². The molecule has 0 aliphatic carbocycles. The molecule has 0 fully saturated rings. The zero-order valence-corrected chi connectivity index (χ0v) is 23.6. The molecule has 0 amide bonds. The predicted molar refractivity (Wildman–Crippen MR) is 138 cm³/mol. The minimum atomic E-state index is -2.56. The van der Waals surface area contributed by atoms with Gasteiger partial charge in [-0.3, -0.25) is 0 Å². The monoisotopic (exact) mass is 524 g/mol. The molecule has 2 heteroatoms. The molecule has 1 aromatic rings. The molecule has 0 saturated carbocycles. The molecule has 0 bridgehead atoms. The van der Waals surface area contributed by atoms with Crippen molar-refractivity contribution in [3.05, 3.63) is 30.3 Å². The van der Waals surface area contributed by atoms with E-state index in [1.165, 1.54) is 116 Å². The van der Waals surface area contributed by atoms with Crippen molar-refractivity contribution in [1.82, 2.24) is 0 Å². The quantitative estimate of drug-likeness (QED) is 0.115. The molecule has 1 rings (SSSR count). The van der Waals surface area contributed by atoms with Crippen LogP contribution in [0.3, 0.4) is 0 Å². The molecule has 0 saturated heterocycles. The molecular formula is C28H52OSn. The van der Waals surface area contributed by atoms with Gasteiger partial charge in [0.05, 0.1) is 0 Å². The fourth-order valence-corrected chi connectivity index (χ4v) is 17.6. The summed E-state index contributed by atoms with van der Waals surface area (Å²) in [5, 5.41) is 0. The van der Waals surface area contributed by atoms with Crippen LogP contribution in [0.5, 0.6) is 5.75 Å². The van der Waals surface area contributed by atoms with Gasteiger partial charge in [-0.15, -0.1) is 0 Å². The Balaban J connectivity index is 2.33. The Labute approximate surface area is 194 Å². The molecule has 0 aliphatic heterocycles. The van der Waals surface area contributed by atoms with Crippen LogP contribution in [0.15, 0.2) is 30.3 Å². The van der Waals surface area contributed by atoms with E-state index in [9.17, 15) is 0 Å². The molecule has 0 N–H and O–H groups in total. The molecule has 174 valence electrons. The van der Waals surface area contributed by atoms with Gasteiger partial charge in [-0.25, -0.2) is 0 Å². The Hall–Kier alpha value is -0.181. The Bertz CT molecular complexity index is 465. The van der Waals surface area contributed by atoms with Crippen molar-refractivity contribution in [1.29, 1.82) is 0 Å². The van der Waals surface area contributed by atoms with Crippen LogP contribution in [-0.4, -0.2) is 18.8 Å². The number of hydrogen-bond donors (Lipinski definition) is 0. The third-order valence-electron chi connectivity index (χ3n) is 6.54. The summed E-state index contributed by atoms with van der Waals surface area (Å²) in [7, 11) is 0. The number of hydrogen-bond acceptors (Lipinski definition) is 1. The summed E-state index contributed by atoms with van der Waals surface area (Å²) in [5.74, 6) is 1.15. The first kappa shape index (κ1) is 27.9. The molecule has 1 nitrogen and oxygen atoms in total. The van der Waals surface area contributed by atoms with E-state index in [4.69, 9.17) is 3.07 Å². The average molecular weight is 523 g/mol. The second-order valence-corrected chi connectivity index (χ2v) is 21.1. The Morgan fingerprint density at radius 3 is 1.37 bits per heavy atom. The third kappa shape index (κ3) is 14.0. The molecule has 30 heavy (non-hydrogen) atoms. The van der Waals surface area contributed by atoms with E-state index in [0.717, 1.165) is 5.75 Å². The van der Waals surface area contributed by atoms with Gasteiger partial charge in [-0.1, -0.05) is 13.3 Å². The molecule has 0 radical (unpaired) electrons. The topological polar surface area (TPSA) is 9.23 Å². The number of rotatable bonds is 21. The van der Waals surface area contributed by atoms with Crippen LogP contribution >= 0.6 is 0 Å². The summed E-state index contributed by atoms with van der Waals surface area (Å²) in [6, 6.07) is 10.7. The molecule has 0 heterocycles. The Kier molecular flexibility index (Phi) is 18.1. The summed E-state index contributed by atoms with van der Waals surface area (Å²) in [6.07, 6.45) is 22.6. The minimum absolute atomic E-state index is 1.15. The molecule has 1 aromatic carbocycles. The van der Waals surface area contributed by atoms with E-state index < -0.39 is 18.8 Å². The van der Waals surface area contributed by atoms with Crippen LogP contribution in [0.2, 0.25) is 13.3 Å². The second-order valence-electron chi connectivity index (χ2n) is 9.44. The van der Waals surface area contributed by atoms with Crippen LogP contribution in [0, 0.1) is 0 Å². The van der Waals surface area contributed by atoms with Gasteiger partial charge in [0, 0.05) is 0 Å². The second kappa shape index (κ2) is 19.5. The van der Waals surface area contributed by atoms with Gasteiger partial charge in [0.1, 0.15) is 0 Å². The first-order valence-electron chi connectivity index (χ1n) is 13.5. The summed E-state index contributed by atoms with van der Waals surface area (Å²) in [5.41, 5.74) is 0. The van der Waals surface area contributed by atoms with Gasteiger partial charge in [-0.05, 0) is 0 Å². The van der Waals surface area contributed by atoms with E-state index in [0.29, 0.717) is 0 Å². The summed E-state index contributed by atoms with van der Waals surface area (Å²) < 4.78 is 11.2. The van der Waals surface area contributed by atoms with Crippen LogP contribution < -0.4 is 3.07 Å². The molecule has 0 unspecified atom stereocenters. The first-order chi connectivity index (χ1) is 14.8. The number of unbranched alkanes of at least 4 members (excludes halogenated alkanes) is 13. The van der Waals surface area contributed by atoms with Gasteiger partial charge >= 0.3 is 181 Å². The zero-order valence-electron chi connectivity index (χ0n) is 20.7. The number of para-hydroxylation sites is 1. The summed E-state index contributed by atoms with van der Waals surface area (Å²) >= 11 is -2.56. The van der Waals surface area contributed by atoms with Crippen molar-refractivity contribution in [2.24, 2.45) is 0 Å². The maximum atomic E-state index is 6.92. The maximum absolute atomic E-state index is 6.92.